The maximum atomic E-state index is 3.68. The topological polar surface area (TPSA) is 12.0 Å². The molecule has 0 saturated carbocycles. The van der Waals surface area contributed by atoms with E-state index < -0.39 is 0 Å². The van der Waals surface area contributed by atoms with E-state index in [0.29, 0.717) is 6.04 Å². The van der Waals surface area contributed by atoms with Crippen LogP contribution in [0.25, 0.3) is 0 Å². The van der Waals surface area contributed by atoms with Crippen LogP contribution in [0.15, 0.2) is 24.3 Å². The summed E-state index contributed by atoms with van der Waals surface area (Å²) in [6, 6.07) is 9.42. The van der Waals surface area contributed by atoms with Crippen LogP contribution in [-0.4, -0.2) is 6.54 Å². The van der Waals surface area contributed by atoms with E-state index in [1.54, 1.807) is 0 Å². The first-order valence-corrected chi connectivity index (χ1v) is 6.81. The van der Waals surface area contributed by atoms with Gasteiger partial charge >= 0.3 is 0 Å². The Kier molecular flexibility index (Phi) is 5.20. The molecule has 0 bridgehead atoms. The third-order valence-corrected chi connectivity index (χ3v) is 3.16. The van der Waals surface area contributed by atoms with Gasteiger partial charge in [0.2, 0.25) is 0 Å². The summed E-state index contributed by atoms with van der Waals surface area (Å²) in [6.07, 6.45) is 2.29. The van der Waals surface area contributed by atoms with E-state index in [2.05, 4.69) is 64.2 Å². The quantitative estimate of drug-likeness (QED) is 0.798. The number of aryl methyl sites for hydroxylation is 1. The van der Waals surface area contributed by atoms with Gasteiger partial charge in [0, 0.05) is 6.04 Å². The number of nitrogens with one attached hydrogen (secondary N) is 1. The minimum Gasteiger partial charge on any atom is -0.309 e. The number of benzene rings is 1. The van der Waals surface area contributed by atoms with Crippen molar-refractivity contribution in [1.82, 2.24) is 5.32 Å². The van der Waals surface area contributed by atoms with Crippen molar-refractivity contribution in [2.75, 3.05) is 6.54 Å². The smallest absolute Gasteiger partial charge is 0.0369 e. The molecule has 0 heterocycles. The molecule has 1 atom stereocenters. The van der Waals surface area contributed by atoms with Gasteiger partial charge in [0.25, 0.3) is 0 Å². The minimum atomic E-state index is 0.252. The van der Waals surface area contributed by atoms with Crippen LogP contribution >= 0.6 is 0 Å². The fourth-order valence-electron chi connectivity index (χ4n) is 2.21. The van der Waals surface area contributed by atoms with E-state index in [4.69, 9.17) is 0 Å². The van der Waals surface area contributed by atoms with Gasteiger partial charge in [0.15, 0.2) is 0 Å². The van der Waals surface area contributed by atoms with Crippen molar-refractivity contribution >= 4 is 0 Å². The average Bonchev–Trinajstić information content (AvgIpc) is 2.28. The van der Waals surface area contributed by atoms with E-state index in [9.17, 15) is 0 Å². The summed E-state index contributed by atoms with van der Waals surface area (Å²) < 4.78 is 0. The molecule has 0 amide bonds. The highest BCUT2D eigenvalue weighted by molar-refractivity contribution is 5.27. The molecule has 0 radical (unpaired) electrons. The Hall–Kier alpha value is -0.820. The predicted octanol–water partition coefficient (Wildman–Crippen LogP) is 4.34. The first kappa shape index (κ1) is 14.2. The fourth-order valence-corrected chi connectivity index (χ4v) is 2.21. The van der Waals surface area contributed by atoms with Crippen LogP contribution in [0, 0.1) is 5.41 Å². The van der Waals surface area contributed by atoms with Crippen LogP contribution in [0.4, 0.5) is 0 Å². The van der Waals surface area contributed by atoms with Crippen LogP contribution in [0.1, 0.15) is 58.2 Å². The van der Waals surface area contributed by atoms with E-state index in [1.165, 1.54) is 17.5 Å². The molecule has 96 valence electrons. The number of hydrogen-bond acceptors (Lipinski definition) is 1. The number of rotatable bonds is 5. The van der Waals surface area contributed by atoms with Crippen LogP contribution in [-0.2, 0) is 6.42 Å². The highest BCUT2D eigenvalue weighted by Gasteiger charge is 2.25. The monoisotopic (exact) mass is 233 g/mol. The van der Waals surface area contributed by atoms with E-state index in [-0.39, 0.29) is 5.41 Å². The number of hydrogen-bond donors (Lipinski definition) is 1. The molecule has 1 unspecified atom stereocenters. The molecule has 17 heavy (non-hydrogen) atoms. The molecule has 1 nitrogen and oxygen atoms in total. The lowest BCUT2D eigenvalue weighted by Crippen LogP contribution is -2.32. The Morgan fingerprint density at radius 1 is 1.18 bits per heavy atom. The van der Waals surface area contributed by atoms with Gasteiger partial charge in [-0.25, -0.2) is 0 Å². The lowest BCUT2D eigenvalue weighted by molar-refractivity contribution is 0.273. The Morgan fingerprint density at radius 2 is 1.88 bits per heavy atom. The Labute approximate surface area is 107 Å². The molecule has 0 spiro atoms. The second-order valence-corrected chi connectivity index (χ2v) is 5.85. The van der Waals surface area contributed by atoms with Gasteiger partial charge in [-0.1, -0.05) is 58.9 Å². The summed E-state index contributed by atoms with van der Waals surface area (Å²) in [5.41, 5.74) is 3.10. The molecule has 0 aliphatic rings. The summed E-state index contributed by atoms with van der Waals surface area (Å²) in [5.74, 6) is 0. The predicted molar refractivity (Wildman–Crippen MR) is 76.3 cm³/mol. The summed E-state index contributed by atoms with van der Waals surface area (Å²) >= 11 is 0. The zero-order valence-electron chi connectivity index (χ0n) is 12.0. The fraction of sp³-hybridized carbons (Fsp3) is 0.625. The normalized spacial score (nSPS) is 13.7. The second kappa shape index (κ2) is 6.20. The summed E-state index contributed by atoms with van der Waals surface area (Å²) in [6.45, 7) is 12.4. The van der Waals surface area contributed by atoms with Crippen LogP contribution in [0.2, 0.25) is 0 Å². The van der Waals surface area contributed by atoms with E-state index >= 15 is 0 Å². The SMILES string of the molecule is CCCNC(c1cccc(CC)c1)C(C)(C)C. The van der Waals surface area contributed by atoms with E-state index in [1.807, 2.05) is 0 Å². The molecule has 1 aromatic carbocycles. The summed E-state index contributed by atoms with van der Waals surface area (Å²) in [7, 11) is 0. The summed E-state index contributed by atoms with van der Waals surface area (Å²) in [5, 5.41) is 3.68. The molecule has 0 aliphatic carbocycles. The first-order valence-electron chi connectivity index (χ1n) is 6.81. The van der Waals surface area contributed by atoms with Crippen molar-refractivity contribution in [3.05, 3.63) is 35.4 Å². The van der Waals surface area contributed by atoms with Gasteiger partial charge in [-0.15, -0.1) is 0 Å². The second-order valence-electron chi connectivity index (χ2n) is 5.85. The molecule has 0 aliphatic heterocycles. The zero-order valence-corrected chi connectivity index (χ0v) is 12.0. The van der Waals surface area contributed by atoms with Gasteiger partial charge < -0.3 is 5.32 Å². The molecular formula is C16H27N. The van der Waals surface area contributed by atoms with Crippen molar-refractivity contribution in [3.8, 4) is 0 Å². The highest BCUT2D eigenvalue weighted by Crippen LogP contribution is 2.33. The lowest BCUT2D eigenvalue weighted by Gasteiger charge is -2.32. The minimum absolute atomic E-state index is 0.252. The lowest BCUT2D eigenvalue weighted by atomic mass is 9.82. The summed E-state index contributed by atoms with van der Waals surface area (Å²) in [4.78, 5) is 0. The van der Waals surface area contributed by atoms with Crippen molar-refractivity contribution in [1.29, 1.82) is 0 Å². The molecule has 1 aromatic rings. The third-order valence-electron chi connectivity index (χ3n) is 3.16. The maximum absolute atomic E-state index is 3.68. The van der Waals surface area contributed by atoms with Gasteiger partial charge in [0.05, 0.1) is 0 Å². The molecular weight excluding hydrogens is 206 g/mol. The van der Waals surface area contributed by atoms with Crippen molar-refractivity contribution in [2.24, 2.45) is 5.41 Å². The maximum Gasteiger partial charge on any atom is 0.0369 e. The van der Waals surface area contributed by atoms with Gasteiger partial charge in [-0.2, -0.15) is 0 Å². The van der Waals surface area contributed by atoms with Crippen molar-refractivity contribution in [2.45, 2.75) is 53.5 Å². The van der Waals surface area contributed by atoms with Crippen molar-refractivity contribution < 1.29 is 0 Å². The molecule has 0 aromatic heterocycles. The standard InChI is InChI=1S/C16H27N/c1-6-11-17-15(16(3,4)5)14-10-8-9-13(7-2)12-14/h8-10,12,15,17H,6-7,11H2,1-5H3. The van der Waals surface area contributed by atoms with Crippen molar-refractivity contribution in [3.63, 3.8) is 0 Å². The van der Waals surface area contributed by atoms with E-state index in [0.717, 1.165) is 13.0 Å². The Balaban J connectivity index is 2.95. The molecule has 1 heteroatoms. The molecule has 1 rings (SSSR count). The average molecular weight is 233 g/mol. The van der Waals surface area contributed by atoms with Crippen LogP contribution in [0.5, 0.6) is 0 Å². The highest BCUT2D eigenvalue weighted by atomic mass is 14.9. The zero-order chi connectivity index (χ0) is 12.9. The molecule has 0 fully saturated rings. The third kappa shape index (κ3) is 4.16. The van der Waals surface area contributed by atoms with Gasteiger partial charge in [0.1, 0.15) is 0 Å². The van der Waals surface area contributed by atoms with Crippen LogP contribution in [0.3, 0.4) is 0 Å². The molecule has 1 N–H and O–H groups in total. The van der Waals surface area contributed by atoms with Crippen LogP contribution < -0.4 is 5.32 Å². The Morgan fingerprint density at radius 3 is 2.41 bits per heavy atom. The van der Waals surface area contributed by atoms with Gasteiger partial charge in [-0.05, 0) is 35.9 Å². The largest absolute Gasteiger partial charge is 0.309 e. The van der Waals surface area contributed by atoms with Gasteiger partial charge in [-0.3, -0.25) is 0 Å². The molecule has 0 saturated heterocycles. The Bertz CT molecular complexity index is 336. The first-order chi connectivity index (χ1) is 7.99.